The highest BCUT2D eigenvalue weighted by Crippen LogP contribution is 2.31. The summed E-state index contributed by atoms with van der Waals surface area (Å²) in [4.78, 5) is 8.44. The third kappa shape index (κ3) is 3.57. The lowest BCUT2D eigenvalue weighted by molar-refractivity contribution is 0.147. The van der Waals surface area contributed by atoms with Crippen LogP contribution in [0.2, 0.25) is 0 Å². The Kier molecular flexibility index (Phi) is 5.23. The summed E-state index contributed by atoms with van der Waals surface area (Å²) in [5, 5.41) is 3.26. The van der Waals surface area contributed by atoms with Crippen LogP contribution in [0.15, 0.2) is 10.8 Å². The van der Waals surface area contributed by atoms with Gasteiger partial charge in [-0.05, 0) is 48.0 Å². The number of anilines is 1. The molecule has 2 rings (SSSR count). The van der Waals surface area contributed by atoms with Crippen LogP contribution < -0.4 is 10.1 Å². The van der Waals surface area contributed by atoms with Crippen molar-refractivity contribution in [3.63, 3.8) is 0 Å². The molecule has 1 aromatic rings. The first-order chi connectivity index (χ1) is 8.81. The van der Waals surface area contributed by atoms with Crippen molar-refractivity contribution < 1.29 is 4.74 Å². The molecule has 0 radical (unpaired) electrons. The maximum Gasteiger partial charge on any atom is 0.233 e. The molecule has 18 heavy (non-hydrogen) atoms. The molecule has 0 aromatic carbocycles. The van der Waals surface area contributed by atoms with Gasteiger partial charge in [-0.25, -0.2) is 9.97 Å². The van der Waals surface area contributed by atoms with Gasteiger partial charge >= 0.3 is 0 Å². The van der Waals surface area contributed by atoms with Crippen molar-refractivity contribution in [2.45, 2.75) is 51.6 Å². The van der Waals surface area contributed by atoms with Gasteiger partial charge in [0.25, 0.3) is 0 Å². The van der Waals surface area contributed by atoms with E-state index in [4.69, 9.17) is 4.74 Å². The molecule has 1 aliphatic carbocycles. The normalized spacial score (nSPS) is 16.6. The van der Waals surface area contributed by atoms with Crippen LogP contribution in [0.1, 0.15) is 45.4 Å². The molecule has 100 valence electrons. The van der Waals surface area contributed by atoms with Gasteiger partial charge in [0.1, 0.15) is 22.7 Å². The summed E-state index contributed by atoms with van der Waals surface area (Å²) in [5.41, 5.74) is 0. The van der Waals surface area contributed by atoms with Crippen LogP contribution in [-0.2, 0) is 0 Å². The Labute approximate surface area is 117 Å². The van der Waals surface area contributed by atoms with E-state index in [0.29, 0.717) is 12.0 Å². The summed E-state index contributed by atoms with van der Waals surface area (Å²) in [7, 11) is 0. The van der Waals surface area contributed by atoms with Gasteiger partial charge in [0.2, 0.25) is 5.88 Å². The van der Waals surface area contributed by atoms with E-state index in [1.165, 1.54) is 19.3 Å². The maximum atomic E-state index is 5.97. The van der Waals surface area contributed by atoms with E-state index in [9.17, 15) is 0 Å². The minimum atomic E-state index is 0.309. The van der Waals surface area contributed by atoms with Crippen LogP contribution in [0.5, 0.6) is 5.88 Å². The van der Waals surface area contributed by atoms with Crippen molar-refractivity contribution >= 4 is 21.7 Å². The molecule has 0 unspecified atom stereocenters. The Bertz CT molecular complexity index is 380. The standard InChI is InChI=1S/C13H20BrN3O/c1-2-8-15-12-11(14)13(17-9-16-12)18-10-6-4-3-5-7-10/h9-10H,2-8H2,1H3,(H,15,16,17). The highest BCUT2D eigenvalue weighted by Gasteiger charge is 2.18. The molecular formula is C13H20BrN3O. The van der Waals surface area contributed by atoms with Gasteiger partial charge in [-0.15, -0.1) is 0 Å². The van der Waals surface area contributed by atoms with E-state index in [0.717, 1.165) is 36.1 Å². The van der Waals surface area contributed by atoms with Crippen LogP contribution in [0.4, 0.5) is 5.82 Å². The molecular weight excluding hydrogens is 294 g/mol. The SMILES string of the molecule is CCCNc1ncnc(OC2CCCCC2)c1Br. The molecule has 5 heteroatoms. The summed E-state index contributed by atoms with van der Waals surface area (Å²) < 4.78 is 6.81. The zero-order valence-corrected chi connectivity index (χ0v) is 12.4. The van der Waals surface area contributed by atoms with Crippen molar-refractivity contribution in [3.8, 4) is 5.88 Å². The Balaban J connectivity index is 2.02. The van der Waals surface area contributed by atoms with Crippen LogP contribution in [0, 0.1) is 0 Å². The molecule has 4 nitrogen and oxygen atoms in total. The first-order valence-corrected chi connectivity index (χ1v) is 7.51. The molecule has 1 aliphatic rings. The molecule has 0 aliphatic heterocycles. The molecule has 1 N–H and O–H groups in total. The van der Waals surface area contributed by atoms with Gasteiger partial charge in [-0.3, -0.25) is 0 Å². The van der Waals surface area contributed by atoms with Crippen molar-refractivity contribution in [1.82, 2.24) is 9.97 Å². The largest absolute Gasteiger partial charge is 0.473 e. The molecule has 1 fully saturated rings. The lowest BCUT2D eigenvalue weighted by atomic mass is 9.98. The lowest BCUT2D eigenvalue weighted by Crippen LogP contribution is -2.20. The van der Waals surface area contributed by atoms with E-state index in [2.05, 4.69) is 38.1 Å². The predicted octanol–water partition coefficient (Wildman–Crippen LogP) is 3.77. The minimum absolute atomic E-state index is 0.309. The average Bonchev–Trinajstić information content (AvgIpc) is 2.41. The number of hydrogen-bond acceptors (Lipinski definition) is 4. The second kappa shape index (κ2) is 6.92. The number of hydrogen-bond donors (Lipinski definition) is 1. The van der Waals surface area contributed by atoms with Gasteiger partial charge < -0.3 is 10.1 Å². The summed E-state index contributed by atoms with van der Waals surface area (Å²) >= 11 is 3.53. The van der Waals surface area contributed by atoms with Crippen LogP contribution in [0.25, 0.3) is 0 Å². The summed E-state index contributed by atoms with van der Waals surface area (Å²) in [6.45, 7) is 3.03. The number of ether oxygens (including phenoxy) is 1. The Morgan fingerprint density at radius 1 is 1.33 bits per heavy atom. The molecule has 1 saturated carbocycles. The van der Waals surface area contributed by atoms with Crippen molar-refractivity contribution in [3.05, 3.63) is 10.8 Å². The third-order valence-corrected chi connectivity index (χ3v) is 3.85. The second-order valence-electron chi connectivity index (χ2n) is 4.65. The van der Waals surface area contributed by atoms with E-state index < -0.39 is 0 Å². The topological polar surface area (TPSA) is 47.0 Å². The fourth-order valence-electron chi connectivity index (χ4n) is 2.14. The number of halogens is 1. The first-order valence-electron chi connectivity index (χ1n) is 6.72. The van der Waals surface area contributed by atoms with Gasteiger partial charge in [0.05, 0.1) is 0 Å². The van der Waals surface area contributed by atoms with E-state index >= 15 is 0 Å². The molecule has 0 atom stereocenters. The number of aromatic nitrogens is 2. The zero-order valence-electron chi connectivity index (χ0n) is 10.8. The van der Waals surface area contributed by atoms with Crippen LogP contribution in [0.3, 0.4) is 0 Å². The maximum absolute atomic E-state index is 5.97. The van der Waals surface area contributed by atoms with Gasteiger partial charge in [0, 0.05) is 6.54 Å². The highest BCUT2D eigenvalue weighted by atomic mass is 79.9. The van der Waals surface area contributed by atoms with Crippen molar-refractivity contribution in [1.29, 1.82) is 0 Å². The molecule has 0 spiro atoms. The third-order valence-electron chi connectivity index (χ3n) is 3.13. The predicted molar refractivity (Wildman–Crippen MR) is 76.0 cm³/mol. The van der Waals surface area contributed by atoms with E-state index in [1.54, 1.807) is 6.33 Å². The fraction of sp³-hybridized carbons (Fsp3) is 0.692. The smallest absolute Gasteiger partial charge is 0.233 e. The Morgan fingerprint density at radius 2 is 2.11 bits per heavy atom. The van der Waals surface area contributed by atoms with Crippen molar-refractivity contribution in [2.24, 2.45) is 0 Å². The van der Waals surface area contributed by atoms with Crippen LogP contribution in [-0.4, -0.2) is 22.6 Å². The molecule has 1 aromatic heterocycles. The number of nitrogens with one attached hydrogen (secondary N) is 1. The summed E-state index contributed by atoms with van der Waals surface area (Å²) in [6.07, 6.45) is 9.04. The molecule has 0 saturated heterocycles. The molecule has 1 heterocycles. The minimum Gasteiger partial charge on any atom is -0.473 e. The van der Waals surface area contributed by atoms with Gasteiger partial charge in [-0.1, -0.05) is 13.3 Å². The monoisotopic (exact) mass is 313 g/mol. The summed E-state index contributed by atoms with van der Waals surface area (Å²) in [5.74, 6) is 1.48. The van der Waals surface area contributed by atoms with Gasteiger partial charge in [0.15, 0.2) is 0 Å². The van der Waals surface area contributed by atoms with E-state index in [1.807, 2.05) is 0 Å². The average molecular weight is 314 g/mol. The quantitative estimate of drug-likeness (QED) is 0.898. The van der Waals surface area contributed by atoms with Crippen LogP contribution >= 0.6 is 15.9 Å². The van der Waals surface area contributed by atoms with Crippen molar-refractivity contribution in [2.75, 3.05) is 11.9 Å². The summed E-state index contributed by atoms with van der Waals surface area (Å²) in [6, 6.07) is 0. The Hall–Kier alpha value is -0.840. The number of rotatable bonds is 5. The van der Waals surface area contributed by atoms with Gasteiger partial charge in [-0.2, -0.15) is 0 Å². The molecule has 0 bridgehead atoms. The Morgan fingerprint density at radius 3 is 2.83 bits per heavy atom. The second-order valence-corrected chi connectivity index (χ2v) is 5.44. The van der Waals surface area contributed by atoms with E-state index in [-0.39, 0.29) is 0 Å². The lowest BCUT2D eigenvalue weighted by Gasteiger charge is -2.23. The molecule has 0 amide bonds. The zero-order chi connectivity index (χ0) is 12.8. The first kappa shape index (κ1) is 13.6. The highest BCUT2D eigenvalue weighted by molar-refractivity contribution is 9.10. The number of nitrogens with zero attached hydrogens (tertiary/aromatic N) is 2. The fourth-order valence-corrected chi connectivity index (χ4v) is 2.58.